The van der Waals surface area contributed by atoms with Gasteiger partial charge in [0.05, 0.1) is 18.0 Å². The molecule has 0 aliphatic carbocycles. The molecule has 1 aromatic heterocycles. The molecule has 2 heterocycles. The highest BCUT2D eigenvalue weighted by atomic mass is 35.5. The van der Waals surface area contributed by atoms with Crippen LogP contribution in [0.4, 0.5) is 0 Å². The number of aromatic nitrogens is 2. The first-order valence-electron chi connectivity index (χ1n) is 7.11. The van der Waals surface area contributed by atoms with Crippen LogP contribution in [-0.2, 0) is 10.7 Å². The number of nitrogens with zero attached hydrogens (tertiary/aromatic N) is 3. The summed E-state index contributed by atoms with van der Waals surface area (Å²) in [6, 6.07) is 5.56. The topological polar surface area (TPSA) is 47.4 Å². The van der Waals surface area contributed by atoms with E-state index in [9.17, 15) is 4.79 Å². The Kier molecular flexibility index (Phi) is 3.76. The fraction of sp³-hybridized carbons (Fsp3) is 0.467. The number of imidazole rings is 1. The standard InChI is InChI=1S/C15H18ClN3O2/c1-3-21-12-6-4-5-10-14(12)17-13(9-16)19(10)11-7-8-18(2)15(11)20/h4-6,11H,3,7-9H2,1-2H3. The molecule has 1 aliphatic heterocycles. The number of likely N-dealkylation sites (N-methyl/N-ethyl adjacent to an activating group) is 1. The number of fused-ring (bicyclic) bond motifs is 1. The highest BCUT2D eigenvalue weighted by Crippen LogP contribution is 2.33. The molecule has 0 radical (unpaired) electrons. The van der Waals surface area contributed by atoms with Crippen LogP contribution in [-0.4, -0.2) is 40.6 Å². The summed E-state index contributed by atoms with van der Waals surface area (Å²) >= 11 is 6.05. The van der Waals surface area contributed by atoms with E-state index >= 15 is 0 Å². The molecule has 0 bridgehead atoms. The molecule has 0 N–H and O–H groups in total. The molecule has 5 nitrogen and oxygen atoms in total. The normalized spacial score (nSPS) is 18.7. The van der Waals surface area contributed by atoms with Crippen molar-refractivity contribution >= 4 is 28.5 Å². The van der Waals surface area contributed by atoms with Crippen molar-refractivity contribution in [3.63, 3.8) is 0 Å². The minimum atomic E-state index is -0.217. The molecule has 0 saturated carbocycles. The quantitative estimate of drug-likeness (QED) is 0.816. The highest BCUT2D eigenvalue weighted by molar-refractivity contribution is 6.17. The maximum Gasteiger partial charge on any atom is 0.245 e. The van der Waals surface area contributed by atoms with Crippen LogP contribution < -0.4 is 4.74 Å². The number of halogens is 1. The Balaban J connectivity index is 2.17. The summed E-state index contributed by atoms with van der Waals surface area (Å²) in [6.45, 7) is 3.27. The van der Waals surface area contributed by atoms with Crippen LogP contribution in [0.2, 0.25) is 0 Å². The summed E-state index contributed by atoms with van der Waals surface area (Å²) in [6.07, 6.45) is 0.781. The van der Waals surface area contributed by atoms with Crippen molar-refractivity contribution in [3.8, 4) is 5.75 Å². The van der Waals surface area contributed by atoms with Gasteiger partial charge in [0.2, 0.25) is 5.91 Å². The van der Waals surface area contributed by atoms with Gasteiger partial charge < -0.3 is 14.2 Å². The van der Waals surface area contributed by atoms with E-state index in [0.29, 0.717) is 12.4 Å². The molecular weight excluding hydrogens is 290 g/mol. The van der Waals surface area contributed by atoms with E-state index < -0.39 is 0 Å². The Labute approximate surface area is 128 Å². The van der Waals surface area contributed by atoms with Gasteiger partial charge in [0, 0.05) is 13.6 Å². The second-order valence-electron chi connectivity index (χ2n) is 5.15. The lowest BCUT2D eigenvalue weighted by Crippen LogP contribution is -2.25. The third-order valence-corrected chi connectivity index (χ3v) is 4.13. The minimum Gasteiger partial charge on any atom is -0.492 e. The summed E-state index contributed by atoms with van der Waals surface area (Å²) in [4.78, 5) is 18.7. The van der Waals surface area contributed by atoms with Gasteiger partial charge in [-0.2, -0.15) is 0 Å². The number of carbonyl (C=O) groups is 1. The minimum absolute atomic E-state index is 0.113. The van der Waals surface area contributed by atoms with E-state index in [-0.39, 0.29) is 17.8 Å². The van der Waals surface area contributed by atoms with E-state index in [1.807, 2.05) is 36.7 Å². The van der Waals surface area contributed by atoms with Gasteiger partial charge in [-0.15, -0.1) is 11.6 Å². The number of para-hydroxylation sites is 1. The van der Waals surface area contributed by atoms with Gasteiger partial charge in [-0.3, -0.25) is 4.79 Å². The van der Waals surface area contributed by atoms with Crippen molar-refractivity contribution in [2.45, 2.75) is 25.3 Å². The first-order valence-corrected chi connectivity index (χ1v) is 7.64. The second-order valence-corrected chi connectivity index (χ2v) is 5.42. The highest BCUT2D eigenvalue weighted by Gasteiger charge is 2.33. The largest absolute Gasteiger partial charge is 0.492 e. The van der Waals surface area contributed by atoms with E-state index in [4.69, 9.17) is 16.3 Å². The number of carbonyl (C=O) groups excluding carboxylic acids is 1. The molecule has 0 spiro atoms. The van der Waals surface area contributed by atoms with Crippen molar-refractivity contribution in [3.05, 3.63) is 24.0 Å². The van der Waals surface area contributed by atoms with Gasteiger partial charge in [-0.05, 0) is 25.5 Å². The molecule has 1 amide bonds. The van der Waals surface area contributed by atoms with Gasteiger partial charge in [-0.1, -0.05) is 6.07 Å². The Bertz CT molecular complexity index is 683. The smallest absolute Gasteiger partial charge is 0.245 e. The number of ether oxygens (including phenoxy) is 1. The summed E-state index contributed by atoms with van der Waals surface area (Å²) in [7, 11) is 1.83. The summed E-state index contributed by atoms with van der Waals surface area (Å²) in [5.74, 6) is 1.84. The van der Waals surface area contributed by atoms with Crippen LogP contribution in [0, 0.1) is 0 Å². The zero-order chi connectivity index (χ0) is 15.0. The summed E-state index contributed by atoms with van der Waals surface area (Å²) in [5, 5.41) is 0. The van der Waals surface area contributed by atoms with E-state index in [1.54, 1.807) is 4.90 Å². The fourth-order valence-corrected chi connectivity index (χ4v) is 3.09. The van der Waals surface area contributed by atoms with Gasteiger partial charge in [0.15, 0.2) is 0 Å². The van der Waals surface area contributed by atoms with E-state index in [1.165, 1.54) is 0 Å². The Morgan fingerprint density at radius 3 is 2.90 bits per heavy atom. The number of amides is 1. The van der Waals surface area contributed by atoms with Crippen molar-refractivity contribution in [2.75, 3.05) is 20.2 Å². The summed E-state index contributed by atoms with van der Waals surface area (Å²) < 4.78 is 7.60. The van der Waals surface area contributed by atoms with Crippen LogP contribution >= 0.6 is 11.6 Å². The van der Waals surface area contributed by atoms with Crippen LogP contribution in [0.3, 0.4) is 0 Å². The summed E-state index contributed by atoms with van der Waals surface area (Å²) in [5.41, 5.74) is 1.68. The van der Waals surface area contributed by atoms with E-state index in [2.05, 4.69) is 4.98 Å². The van der Waals surface area contributed by atoms with Crippen LogP contribution in [0.15, 0.2) is 18.2 Å². The van der Waals surface area contributed by atoms with Crippen LogP contribution in [0.1, 0.15) is 25.2 Å². The lowest BCUT2D eigenvalue weighted by Gasteiger charge is -2.15. The average Bonchev–Trinajstić information content (AvgIpc) is 3.01. The molecule has 1 unspecified atom stereocenters. The van der Waals surface area contributed by atoms with Gasteiger partial charge in [0.1, 0.15) is 23.1 Å². The predicted molar refractivity (Wildman–Crippen MR) is 81.8 cm³/mol. The molecule has 1 aliphatic rings. The average molecular weight is 308 g/mol. The third-order valence-electron chi connectivity index (χ3n) is 3.89. The zero-order valence-electron chi connectivity index (χ0n) is 12.2. The SMILES string of the molecule is CCOc1cccc2c1nc(CCl)n2C1CCN(C)C1=O. The first kappa shape index (κ1) is 14.2. The van der Waals surface area contributed by atoms with E-state index in [0.717, 1.165) is 29.7 Å². The van der Waals surface area contributed by atoms with Gasteiger partial charge in [0.25, 0.3) is 0 Å². The predicted octanol–water partition coefficient (Wildman–Crippen LogP) is 2.58. The molecule has 2 aromatic rings. The molecule has 21 heavy (non-hydrogen) atoms. The maximum atomic E-state index is 12.3. The number of hydrogen-bond acceptors (Lipinski definition) is 3. The molecule has 1 saturated heterocycles. The van der Waals surface area contributed by atoms with Crippen molar-refractivity contribution in [2.24, 2.45) is 0 Å². The zero-order valence-corrected chi connectivity index (χ0v) is 12.9. The monoisotopic (exact) mass is 307 g/mol. The number of likely N-dealkylation sites (tertiary alicyclic amines) is 1. The third kappa shape index (κ3) is 2.25. The molecule has 112 valence electrons. The maximum absolute atomic E-state index is 12.3. The van der Waals surface area contributed by atoms with Gasteiger partial charge in [-0.25, -0.2) is 4.98 Å². The Morgan fingerprint density at radius 2 is 2.29 bits per heavy atom. The number of rotatable bonds is 4. The number of hydrogen-bond donors (Lipinski definition) is 0. The van der Waals surface area contributed by atoms with Crippen molar-refractivity contribution in [1.82, 2.24) is 14.5 Å². The molecular formula is C15H18ClN3O2. The molecule has 1 fully saturated rings. The Hall–Kier alpha value is -1.75. The molecule has 1 atom stereocenters. The molecule has 6 heteroatoms. The van der Waals surface area contributed by atoms with Crippen molar-refractivity contribution < 1.29 is 9.53 Å². The number of benzene rings is 1. The van der Waals surface area contributed by atoms with Gasteiger partial charge >= 0.3 is 0 Å². The van der Waals surface area contributed by atoms with Crippen LogP contribution in [0.5, 0.6) is 5.75 Å². The Morgan fingerprint density at radius 1 is 1.48 bits per heavy atom. The van der Waals surface area contributed by atoms with Crippen molar-refractivity contribution in [1.29, 1.82) is 0 Å². The number of alkyl halides is 1. The van der Waals surface area contributed by atoms with Crippen LogP contribution in [0.25, 0.3) is 11.0 Å². The lowest BCUT2D eigenvalue weighted by molar-refractivity contribution is -0.129. The second kappa shape index (κ2) is 5.56. The lowest BCUT2D eigenvalue weighted by atomic mass is 10.2. The fourth-order valence-electron chi connectivity index (χ4n) is 2.90. The molecule has 3 rings (SSSR count). The first-order chi connectivity index (χ1) is 10.2. The molecule has 1 aromatic carbocycles.